The first-order valence-electron chi connectivity index (χ1n) is 7.04. The molecule has 1 aliphatic heterocycles. The second-order valence-corrected chi connectivity index (χ2v) is 5.06. The van der Waals surface area contributed by atoms with Crippen molar-refractivity contribution in [3.05, 3.63) is 0 Å². The van der Waals surface area contributed by atoms with Gasteiger partial charge in [0.25, 0.3) is 0 Å². The number of nitrogens with zero attached hydrogens (tertiary/aromatic N) is 1. The van der Waals surface area contributed by atoms with E-state index in [0.29, 0.717) is 26.1 Å². The van der Waals surface area contributed by atoms with Crippen LogP contribution in [0.25, 0.3) is 0 Å². The lowest BCUT2D eigenvalue weighted by Crippen LogP contribution is -2.50. The van der Waals surface area contributed by atoms with E-state index in [-0.39, 0.29) is 11.8 Å². The van der Waals surface area contributed by atoms with Crippen molar-refractivity contribution in [1.29, 1.82) is 0 Å². The van der Waals surface area contributed by atoms with Gasteiger partial charge < -0.3 is 16.2 Å². The van der Waals surface area contributed by atoms with Crippen LogP contribution in [0.15, 0.2) is 0 Å². The maximum absolute atomic E-state index is 11.9. The van der Waals surface area contributed by atoms with Gasteiger partial charge in [-0.3, -0.25) is 14.5 Å². The van der Waals surface area contributed by atoms with Crippen LogP contribution in [-0.4, -0.2) is 54.1 Å². The van der Waals surface area contributed by atoms with E-state index in [1.54, 1.807) is 0 Å². The molecule has 0 spiro atoms. The summed E-state index contributed by atoms with van der Waals surface area (Å²) < 4.78 is 0. The molecule has 1 fully saturated rings. The van der Waals surface area contributed by atoms with Crippen LogP contribution in [-0.2, 0) is 9.59 Å². The maximum atomic E-state index is 11.9. The van der Waals surface area contributed by atoms with E-state index in [9.17, 15) is 14.7 Å². The largest absolute Gasteiger partial charge is 0.480 e. The first-order valence-corrected chi connectivity index (χ1v) is 7.04. The highest BCUT2D eigenvalue weighted by Gasteiger charge is 2.32. The summed E-state index contributed by atoms with van der Waals surface area (Å²) in [6.07, 6.45) is 3.16. The summed E-state index contributed by atoms with van der Waals surface area (Å²) in [4.78, 5) is 25.1. The minimum absolute atomic E-state index is 0.00390. The number of nitrogens with two attached hydrogens (primary N) is 1. The van der Waals surface area contributed by atoms with Gasteiger partial charge in [0, 0.05) is 19.6 Å². The molecule has 2 atom stereocenters. The van der Waals surface area contributed by atoms with Gasteiger partial charge in [0.05, 0.1) is 5.92 Å². The summed E-state index contributed by atoms with van der Waals surface area (Å²) in [6, 6.07) is -0.463. The van der Waals surface area contributed by atoms with Gasteiger partial charge in [0.1, 0.15) is 6.04 Å². The first-order chi connectivity index (χ1) is 9.10. The molecule has 0 radical (unpaired) electrons. The number of amides is 1. The lowest BCUT2D eigenvalue weighted by Gasteiger charge is -2.35. The van der Waals surface area contributed by atoms with Crippen LogP contribution in [0.2, 0.25) is 0 Å². The molecule has 19 heavy (non-hydrogen) atoms. The fraction of sp³-hybridized carbons (Fsp3) is 0.846. The highest BCUT2D eigenvalue weighted by atomic mass is 16.4. The molecule has 0 bridgehead atoms. The summed E-state index contributed by atoms with van der Waals surface area (Å²) in [6.45, 7) is 4.18. The Kier molecular flexibility index (Phi) is 6.80. The summed E-state index contributed by atoms with van der Waals surface area (Å²) in [5, 5.41) is 12.0. The predicted molar refractivity (Wildman–Crippen MR) is 72.7 cm³/mol. The number of aliphatic carboxylic acids is 1. The van der Waals surface area contributed by atoms with E-state index in [1.165, 1.54) is 0 Å². The average molecular weight is 271 g/mol. The fourth-order valence-electron chi connectivity index (χ4n) is 2.58. The number of likely N-dealkylation sites (tertiary alicyclic amines) is 1. The highest BCUT2D eigenvalue weighted by Crippen LogP contribution is 2.20. The van der Waals surface area contributed by atoms with Gasteiger partial charge in [-0.05, 0) is 25.8 Å². The van der Waals surface area contributed by atoms with Crippen molar-refractivity contribution >= 4 is 11.9 Å². The van der Waals surface area contributed by atoms with E-state index in [4.69, 9.17) is 5.73 Å². The van der Waals surface area contributed by atoms with E-state index < -0.39 is 12.0 Å². The molecule has 6 heteroatoms. The van der Waals surface area contributed by atoms with Crippen molar-refractivity contribution in [2.45, 2.75) is 38.6 Å². The van der Waals surface area contributed by atoms with Crippen molar-refractivity contribution in [3.8, 4) is 0 Å². The molecule has 0 aromatic heterocycles. The van der Waals surface area contributed by atoms with Crippen LogP contribution in [0.1, 0.15) is 32.6 Å². The smallest absolute Gasteiger partial charge is 0.320 e. The first kappa shape index (κ1) is 15.9. The molecule has 0 aromatic carbocycles. The zero-order valence-corrected chi connectivity index (χ0v) is 11.6. The highest BCUT2D eigenvalue weighted by molar-refractivity contribution is 5.79. The Balaban J connectivity index is 2.57. The second-order valence-electron chi connectivity index (χ2n) is 5.06. The van der Waals surface area contributed by atoms with Crippen LogP contribution >= 0.6 is 0 Å². The molecular weight excluding hydrogens is 246 g/mol. The fourth-order valence-corrected chi connectivity index (χ4v) is 2.58. The molecule has 1 aliphatic rings. The average Bonchev–Trinajstić information content (AvgIpc) is 2.41. The van der Waals surface area contributed by atoms with Crippen molar-refractivity contribution in [2.24, 2.45) is 11.7 Å². The van der Waals surface area contributed by atoms with Gasteiger partial charge in [-0.15, -0.1) is 0 Å². The Hall–Kier alpha value is -1.14. The topological polar surface area (TPSA) is 95.7 Å². The van der Waals surface area contributed by atoms with E-state index in [2.05, 4.69) is 5.32 Å². The summed E-state index contributed by atoms with van der Waals surface area (Å²) in [5.74, 6) is -0.903. The molecule has 4 N–H and O–H groups in total. The second kappa shape index (κ2) is 8.12. The predicted octanol–water partition coefficient (Wildman–Crippen LogP) is 0.0266. The molecule has 0 aromatic rings. The van der Waals surface area contributed by atoms with E-state index >= 15 is 0 Å². The van der Waals surface area contributed by atoms with Crippen LogP contribution in [0.5, 0.6) is 0 Å². The quantitative estimate of drug-likeness (QED) is 0.607. The molecule has 0 saturated carbocycles. The van der Waals surface area contributed by atoms with Crippen molar-refractivity contribution < 1.29 is 14.7 Å². The van der Waals surface area contributed by atoms with Gasteiger partial charge in [0.15, 0.2) is 0 Å². The van der Waals surface area contributed by atoms with Crippen molar-refractivity contribution in [2.75, 3.05) is 26.2 Å². The Labute approximate surface area is 114 Å². The molecule has 1 rings (SSSR count). The molecule has 0 aliphatic carbocycles. The lowest BCUT2D eigenvalue weighted by molar-refractivity contribution is -0.145. The number of carboxylic acid groups (broad SMARTS) is 1. The van der Waals surface area contributed by atoms with Gasteiger partial charge in [0.2, 0.25) is 5.91 Å². The number of carboxylic acids is 1. The Bertz CT molecular complexity index is 310. The zero-order valence-electron chi connectivity index (χ0n) is 11.6. The third-order valence-electron chi connectivity index (χ3n) is 3.56. The van der Waals surface area contributed by atoms with E-state index in [0.717, 1.165) is 25.8 Å². The van der Waals surface area contributed by atoms with Crippen LogP contribution in [0, 0.1) is 5.92 Å². The van der Waals surface area contributed by atoms with E-state index in [1.807, 2.05) is 11.8 Å². The Morgan fingerprint density at radius 3 is 2.84 bits per heavy atom. The number of hydrogen-bond donors (Lipinski definition) is 3. The molecule has 6 nitrogen and oxygen atoms in total. The minimum Gasteiger partial charge on any atom is -0.480 e. The monoisotopic (exact) mass is 271 g/mol. The number of nitrogens with one attached hydrogen (secondary N) is 1. The van der Waals surface area contributed by atoms with Gasteiger partial charge >= 0.3 is 5.97 Å². The van der Waals surface area contributed by atoms with Gasteiger partial charge in [-0.1, -0.05) is 13.3 Å². The van der Waals surface area contributed by atoms with Crippen LogP contribution < -0.4 is 11.1 Å². The van der Waals surface area contributed by atoms with Gasteiger partial charge in [-0.25, -0.2) is 0 Å². The normalized spacial score (nSPS) is 21.9. The van der Waals surface area contributed by atoms with Crippen molar-refractivity contribution in [3.63, 3.8) is 0 Å². The number of rotatable bonds is 7. The van der Waals surface area contributed by atoms with Gasteiger partial charge in [-0.2, -0.15) is 0 Å². The number of carbonyl (C=O) groups excluding carboxylic acids is 1. The summed E-state index contributed by atoms with van der Waals surface area (Å²) in [7, 11) is 0. The minimum atomic E-state index is -0.787. The summed E-state index contributed by atoms with van der Waals surface area (Å²) in [5.41, 5.74) is 5.36. The number of hydrogen-bond acceptors (Lipinski definition) is 4. The lowest BCUT2D eigenvalue weighted by atomic mass is 9.95. The van der Waals surface area contributed by atoms with Crippen molar-refractivity contribution in [1.82, 2.24) is 10.2 Å². The standard InChI is InChI=1S/C13H25N3O3/c1-2-4-11(13(18)19)16-8-3-5-10(9-16)12(17)15-7-6-14/h10-11H,2-9,14H2,1H3,(H,15,17)(H,18,19). The number of piperidine rings is 1. The molecule has 2 unspecified atom stereocenters. The SMILES string of the molecule is CCCC(C(=O)O)N1CCCC(C(=O)NCCN)C1. The third-order valence-corrected chi connectivity index (χ3v) is 3.56. The molecular formula is C13H25N3O3. The molecule has 110 valence electrons. The van der Waals surface area contributed by atoms with Crippen LogP contribution in [0.4, 0.5) is 0 Å². The Morgan fingerprint density at radius 2 is 2.26 bits per heavy atom. The third kappa shape index (κ3) is 4.80. The van der Waals surface area contributed by atoms with Crippen LogP contribution in [0.3, 0.4) is 0 Å². The zero-order chi connectivity index (χ0) is 14.3. The number of carbonyl (C=O) groups is 2. The molecule has 1 heterocycles. The molecule has 1 amide bonds. The molecule has 1 saturated heterocycles. The summed E-state index contributed by atoms with van der Waals surface area (Å²) >= 11 is 0. The Morgan fingerprint density at radius 1 is 1.53 bits per heavy atom. The maximum Gasteiger partial charge on any atom is 0.320 e.